The number of pyridine rings is 1. The summed E-state index contributed by atoms with van der Waals surface area (Å²) in [6.07, 6.45) is 7.52. The number of carbonyl (C=O) groups excluding carboxylic acids is 1. The van der Waals surface area contributed by atoms with Crippen molar-refractivity contribution in [2.75, 3.05) is 0 Å². The summed E-state index contributed by atoms with van der Waals surface area (Å²) >= 11 is 0. The number of benzene rings is 1. The fourth-order valence-electron chi connectivity index (χ4n) is 2.87. The van der Waals surface area contributed by atoms with Gasteiger partial charge in [-0.15, -0.1) is 0 Å². The smallest absolute Gasteiger partial charge is 0.166 e. The molecular weight excluding hydrogens is 234 g/mol. The van der Waals surface area contributed by atoms with Gasteiger partial charge in [-0.3, -0.25) is 9.78 Å². The van der Waals surface area contributed by atoms with Crippen molar-refractivity contribution in [3.05, 3.63) is 65.5 Å². The highest BCUT2D eigenvalue weighted by atomic mass is 16.1. The molecular formula is C17H17NO. The number of ketones is 1. The Morgan fingerprint density at radius 3 is 2.74 bits per heavy atom. The number of fused-ring (bicyclic) bond motifs is 1. The lowest BCUT2D eigenvalue weighted by Gasteiger charge is -2.13. The Morgan fingerprint density at radius 2 is 1.89 bits per heavy atom. The van der Waals surface area contributed by atoms with E-state index in [0.717, 1.165) is 31.2 Å². The highest BCUT2D eigenvalue weighted by Crippen LogP contribution is 2.26. The topological polar surface area (TPSA) is 30.0 Å². The zero-order valence-electron chi connectivity index (χ0n) is 10.9. The zero-order valence-corrected chi connectivity index (χ0v) is 10.9. The van der Waals surface area contributed by atoms with Gasteiger partial charge in [-0.05, 0) is 48.9 Å². The summed E-state index contributed by atoms with van der Waals surface area (Å²) in [4.78, 5) is 16.7. The quantitative estimate of drug-likeness (QED) is 0.765. The molecule has 0 radical (unpaired) electrons. The molecule has 0 aliphatic heterocycles. The van der Waals surface area contributed by atoms with E-state index < -0.39 is 0 Å². The van der Waals surface area contributed by atoms with Crippen molar-refractivity contribution >= 4 is 5.78 Å². The normalized spacial score (nSPS) is 18.7. The molecule has 1 aromatic carbocycles. The Labute approximate surface area is 113 Å². The molecule has 0 saturated carbocycles. The second-order valence-corrected chi connectivity index (χ2v) is 5.17. The van der Waals surface area contributed by atoms with Crippen LogP contribution in [0.15, 0.2) is 48.8 Å². The molecule has 0 spiro atoms. The molecule has 2 nitrogen and oxygen atoms in total. The van der Waals surface area contributed by atoms with Gasteiger partial charge in [0, 0.05) is 23.9 Å². The van der Waals surface area contributed by atoms with E-state index in [4.69, 9.17) is 0 Å². The monoisotopic (exact) mass is 251 g/mol. The first kappa shape index (κ1) is 12.1. The molecule has 0 fully saturated rings. The van der Waals surface area contributed by atoms with Crippen molar-refractivity contribution in [2.24, 2.45) is 5.92 Å². The van der Waals surface area contributed by atoms with Gasteiger partial charge in [0.05, 0.1) is 0 Å². The first-order valence-corrected chi connectivity index (χ1v) is 6.85. The molecule has 1 aliphatic carbocycles. The molecule has 0 saturated heterocycles. The maximum atomic E-state index is 12.6. The fraction of sp³-hybridized carbons (Fsp3) is 0.294. The summed E-state index contributed by atoms with van der Waals surface area (Å²) < 4.78 is 0. The van der Waals surface area contributed by atoms with Gasteiger partial charge >= 0.3 is 0 Å². The molecule has 0 bridgehead atoms. The summed E-state index contributed by atoms with van der Waals surface area (Å²) in [5.41, 5.74) is 3.34. The number of rotatable bonds is 2. The van der Waals surface area contributed by atoms with Crippen LogP contribution in [0.1, 0.15) is 34.3 Å². The summed E-state index contributed by atoms with van der Waals surface area (Å²) in [7, 11) is 0. The van der Waals surface area contributed by atoms with Gasteiger partial charge in [0.25, 0.3) is 0 Å². The fourth-order valence-corrected chi connectivity index (χ4v) is 2.87. The molecule has 1 atom stereocenters. The van der Waals surface area contributed by atoms with Crippen LogP contribution in [0.5, 0.6) is 0 Å². The minimum atomic E-state index is 0.117. The molecule has 1 aliphatic rings. The molecule has 1 heterocycles. The second-order valence-electron chi connectivity index (χ2n) is 5.17. The average Bonchev–Trinajstić information content (AvgIpc) is 2.61. The molecule has 1 unspecified atom stereocenters. The summed E-state index contributed by atoms with van der Waals surface area (Å²) in [6.45, 7) is 0. The van der Waals surface area contributed by atoms with E-state index in [1.54, 1.807) is 12.4 Å². The SMILES string of the molecule is O=C1c2ccccc2CCCC1Cc1ccncc1. The maximum absolute atomic E-state index is 12.6. The van der Waals surface area contributed by atoms with E-state index in [9.17, 15) is 4.79 Å². The second kappa shape index (κ2) is 5.35. The van der Waals surface area contributed by atoms with Gasteiger partial charge in [-0.2, -0.15) is 0 Å². The van der Waals surface area contributed by atoms with E-state index in [1.807, 2.05) is 30.3 Å². The standard InChI is InChI=1S/C17H17NO/c19-17-15(12-13-8-10-18-11-9-13)6-3-5-14-4-1-2-7-16(14)17/h1-2,4,7-11,15H,3,5-6,12H2. The molecule has 2 aromatic rings. The molecule has 96 valence electrons. The van der Waals surface area contributed by atoms with Crippen molar-refractivity contribution in [2.45, 2.75) is 25.7 Å². The van der Waals surface area contributed by atoms with Crippen LogP contribution in [-0.2, 0) is 12.8 Å². The number of nitrogens with zero attached hydrogens (tertiary/aromatic N) is 1. The number of carbonyl (C=O) groups is 1. The predicted octanol–water partition coefficient (Wildman–Crippen LogP) is 3.46. The largest absolute Gasteiger partial charge is 0.294 e. The Kier molecular flexibility index (Phi) is 3.41. The Bertz CT molecular complexity index is 577. The number of hydrogen-bond donors (Lipinski definition) is 0. The minimum Gasteiger partial charge on any atom is -0.294 e. The van der Waals surface area contributed by atoms with Crippen LogP contribution in [0.4, 0.5) is 0 Å². The third-order valence-corrected chi connectivity index (χ3v) is 3.88. The zero-order chi connectivity index (χ0) is 13.1. The van der Waals surface area contributed by atoms with Crippen LogP contribution in [0.2, 0.25) is 0 Å². The molecule has 1 aromatic heterocycles. The number of aromatic nitrogens is 1. The molecule has 2 heteroatoms. The third kappa shape index (κ3) is 2.58. The lowest BCUT2D eigenvalue weighted by molar-refractivity contribution is 0.0915. The molecule has 3 rings (SSSR count). The lowest BCUT2D eigenvalue weighted by atomic mass is 9.90. The average molecular weight is 251 g/mol. The van der Waals surface area contributed by atoms with Gasteiger partial charge in [-0.1, -0.05) is 24.3 Å². The summed E-state index contributed by atoms with van der Waals surface area (Å²) in [6, 6.07) is 12.1. The number of hydrogen-bond acceptors (Lipinski definition) is 2. The van der Waals surface area contributed by atoms with Crippen LogP contribution in [-0.4, -0.2) is 10.8 Å². The van der Waals surface area contributed by atoms with Gasteiger partial charge in [0.2, 0.25) is 0 Å². The van der Waals surface area contributed by atoms with Crippen molar-refractivity contribution in [1.82, 2.24) is 4.98 Å². The third-order valence-electron chi connectivity index (χ3n) is 3.88. The minimum absolute atomic E-state index is 0.117. The maximum Gasteiger partial charge on any atom is 0.166 e. The summed E-state index contributed by atoms with van der Waals surface area (Å²) in [5, 5.41) is 0. The van der Waals surface area contributed by atoms with E-state index in [2.05, 4.69) is 11.1 Å². The van der Waals surface area contributed by atoms with Crippen molar-refractivity contribution in [1.29, 1.82) is 0 Å². The Balaban J connectivity index is 1.86. The van der Waals surface area contributed by atoms with Gasteiger partial charge in [-0.25, -0.2) is 0 Å². The van der Waals surface area contributed by atoms with Crippen LogP contribution < -0.4 is 0 Å². The molecule has 0 amide bonds. The van der Waals surface area contributed by atoms with Gasteiger partial charge < -0.3 is 0 Å². The van der Waals surface area contributed by atoms with E-state index in [-0.39, 0.29) is 5.92 Å². The van der Waals surface area contributed by atoms with Gasteiger partial charge in [0.1, 0.15) is 0 Å². The first-order valence-electron chi connectivity index (χ1n) is 6.85. The van der Waals surface area contributed by atoms with Crippen LogP contribution in [0.25, 0.3) is 0 Å². The van der Waals surface area contributed by atoms with Crippen LogP contribution >= 0.6 is 0 Å². The van der Waals surface area contributed by atoms with Crippen molar-refractivity contribution < 1.29 is 4.79 Å². The Morgan fingerprint density at radius 1 is 1.11 bits per heavy atom. The first-order chi connectivity index (χ1) is 9.34. The highest BCUT2D eigenvalue weighted by Gasteiger charge is 2.25. The van der Waals surface area contributed by atoms with E-state index in [1.165, 1.54) is 11.1 Å². The molecule has 0 N–H and O–H groups in total. The predicted molar refractivity (Wildman–Crippen MR) is 75.1 cm³/mol. The van der Waals surface area contributed by atoms with Crippen molar-refractivity contribution in [3.8, 4) is 0 Å². The van der Waals surface area contributed by atoms with Crippen molar-refractivity contribution in [3.63, 3.8) is 0 Å². The van der Waals surface area contributed by atoms with E-state index in [0.29, 0.717) is 5.78 Å². The Hall–Kier alpha value is -1.96. The van der Waals surface area contributed by atoms with Gasteiger partial charge in [0.15, 0.2) is 5.78 Å². The van der Waals surface area contributed by atoms with Crippen LogP contribution in [0, 0.1) is 5.92 Å². The van der Waals surface area contributed by atoms with E-state index >= 15 is 0 Å². The highest BCUT2D eigenvalue weighted by molar-refractivity contribution is 5.99. The molecule has 19 heavy (non-hydrogen) atoms. The summed E-state index contributed by atoms with van der Waals surface area (Å²) in [5.74, 6) is 0.427. The lowest BCUT2D eigenvalue weighted by Crippen LogP contribution is -2.16. The number of Topliss-reactive ketones (excluding diaryl/α,β-unsaturated/α-hetero) is 1. The van der Waals surface area contributed by atoms with Crippen LogP contribution in [0.3, 0.4) is 0 Å². The number of aryl methyl sites for hydroxylation is 1.